The minimum Gasteiger partial charge on any atom is -0.343 e. The van der Waals surface area contributed by atoms with Gasteiger partial charge >= 0.3 is 0 Å². The third kappa shape index (κ3) is 10.9. The van der Waals surface area contributed by atoms with Crippen molar-refractivity contribution in [3.63, 3.8) is 0 Å². The van der Waals surface area contributed by atoms with Crippen LogP contribution in [0.3, 0.4) is 0 Å². The summed E-state index contributed by atoms with van der Waals surface area (Å²) in [5, 5.41) is 8.45. The smallest absolute Gasteiger partial charge is 0.249 e. The second kappa shape index (κ2) is 22.3. The third-order valence-corrected chi connectivity index (χ3v) is 11.7. The topological polar surface area (TPSA) is 134 Å². The van der Waals surface area contributed by atoms with Gasteiger partial charge in [0.2, 0.25) is 11.8 Å². The van der Waals surface area contributed by atoms with Crippen molar-refractivity contribution in [1.29, 1.82) is 0 Å². The summed E-state index contributed by atoms with van der Waals surface area (Å²) in [7, 11) is 3.49. The monoisotopic (exact) mass is 948 g/mol. The number of nitrogens with zero attached hydrogens (tertiary/aromatic N) is 12. The van der Waals surface area contributed by atoms with E-state index in [0.29, 0.717) is 74.6 Å². The molecule has 0 N–H and O–H groups in total. The van der Waals surface area contributed by atoms with Crippen LogP contribution in [0.5, 0.6) is 0 Å². The number of rotatable bonds is 14. The molecular weight excluding hydrogens is 891 g/mol. The zero-order valence-electron chi connectivity index (χ0n) is 37.5. The summed E-state index contributed by atoms with van der Waals surface area (Å²) in [4.78, 5) is 50.9. The molecule has 2 aliphatic rings. The summed E-state index contributed by atoms with van der Waals surface area (Å²) in [6.45, 7) is 9.54. The number of aryl methyl sites for hydroxylation is 4. The largest absolute Gasteiger partial charge is 0.343 e. The second-order valence-electron chi connectivity index (χ2n) is 16.0. The Labute approximate surface area is 392 Å². The lowest BCUT2D eigenvalue weighted by molar-refractivity contribution is -0.120. The molecule has 0 bridgehead atoms. The number of fused-ring (bicyclic) bond motifs is 2. The molecule has 6 aromatic rings. The number of carbonyl (C=O) groups excluding carboxylic acids is 2. The lowest BCUT2D eigenvalue weighted by Gasteiger charge is -2.39. The summed E-state index contributed by atoms with van der Waals surface area (Å²) < 4.78 is 83.1. The fourth-order valence-corrected chi connectivity index (χ4v) is 8.25. The van der Waals surface area contributed by atoms with Crippen molar-refractivity contribution in [3.05, 3.63) is 130 Å². The van der Waals surface area contributed by atoms with Crippen molar-refractivity contribution in [2.75, 3.05) is 46.8 Å². The zero-order valence-corrected chi connectivity index (χ0v) is 37.5. The summed E-state index contributed by atoms with van der Waals surface area (Å²) in [5.41, 5.74) is 3.77. The highest BCUT2D eigenvalue weighted by atomic mass is 19.2. The van der Waals surface area contributed by atoms with E-state index in [9.17, 15) is 35.9 Å². The van der Waals surface area contributed by atoms with E-state index in [-0.39, 0.29) is 63.0 Å². The van der Waals surface area contributed by atoms with E-state index in [1.165, 1.54) is 0 Å². The highest BCUT2D eigenvalue weighted by Gasteiger charge is 2.37. The minimum absolute atomic E-state index is 0. The Morgan fingerprint density at radius 1 is 0.515 bits per heavy atom. The normalized spacial score (nSPS) is 15.4. The Morgan fingerprint density at radius 2 is 0.868 bits per heavy atom. The van der Waals surface area contributed by atoms with Crippen molar-refractivity contribution in [3.8, 4) is 0 Å². The summed E-state index contributed by atoms with van der Waals surface area (Å²) in [6.07, 6.45) is 14.0. The molecule has 0 fully saturated rings. The van der Waals surface area contributed by atoms with Crippen molar-refractivity contribution < 1.29 is 35.9 Å². The van der Waals surface area contributed by atoms with Gasteiger partial charge in [0.25, 0.3) is 0 Å². The zero-order chi connectivity index (χ0) is 47.4. The predicted molar refractivity (Wildman–Crippen MR) is 249 cm³/mol. The predicted octanol–water partition coefficient (Wildman–Crippen LogP) is 8.28. The van der Waals surface area contributed by atoms with Crippen molar-refractivity contribution in [2.45, 2.75) is 106 Å². The van der Waals surface area contributed by atoms with Gasteiger partial charge in [-0.2, -0.15) is 10.2 Å². The fourth-order valence-electron chi connectivity index (χ4n) is 8.25. The van der Waals surface area contributed by atoms with Gasteiger partial charge in [-0.25, -0.2) is 46.3 Å². The maximum atomic E-state index is 13.4. The van der Waals surface area contributed by atoms with Gasteiger partial charge in [0, 0.05) is 52.4 Å². The number of amides is 2. The lowest BCUT2D eigenvalue weighted by atomic mass is 10.1. The Hall–Kier alpha value is -6.86. The van der Waals surface area contributed by atoms with Crippen LogP contribution in [0.2, 0.25) is 0 Å². The summed E-state index contributed by atoms with van der Waals surface area (Å²) >= 11 is 0. The quantitative estimate of drug-likeness (QED) is 0.0776. The SMILES string of the molecule is C.C.CC[C@@H]1C(=O)N(C)c2cnc(CCc3cnn(Cc4cc(F)c(F)c(F)c4)c3)nc2N1CC.CC[C@H]1C(=O)N(C)c2cnc(CCc3cnn(Cc4cc(F)c(F)c(F)c4)c3)nc2N1CC. The maximum Gasteiger partial charge on any atom is 0.249 e. The van der Waals surface area contributed by atoms with Crippen LogP contribution in [-0.2, 0) is 48.4 Å². The van der Waals surface area contributed by atoms with E-state index in [2.05, 4.69) is 20.2 Å². The Kier molecular flexibility index (Phi) is 17.1. The first-order valence-electron chi connectivity index (χ1n) is 21.7. The van der Waals surface area contributed by atoms with Gasteiger partial charge in [-0.3, -0.25) is 19.0 Å². The molecule has 20 heteroatoms. The van der Waals surface area contributed by atoms with E-state index in [1.54, 1.807) is 70.4 Å². The van der Waals surface area contributed by atoms with Crippen LogP contribution < -0.4 is 19.6 Å². The Bertz CT molecular complexity index is 2500. The molecule has 2 atom stereocenters. The second-order valence-corrected chi connectivity index (χ2v) is 16.0. The van der Waals surface area contributed by atoms with Crippen molar-refractivity contribution in [2.24, 2.45) is 0 Å². The van der Waals surface area contributed by atoms with Crippen LogP contribution in [0.1, 0.15) is 89.3 Å². The molecule has 2 aliphatic heterocycles. The standard InChI is InChI=1S/2C23H25F3N6O.2CH4/c2*1-4-18-23(33)30(3)19-11-27-20(29-22(19)32(18)5-2)7-6-14-10-28-31(12-14)13-15-8-16(24)21(26)17(25)9-15;;/h2*8-12,18H,4-7,13H2,1-3H3;2*1H4/t2*18-;;/m10../s1. The van der Waals surface area contributed by atoms with Crippen LogP contribution in [0.4, 0.5) is 49.4 Å². The summed E-state index contributed by atoms with van der Waals surface area (Å²) in [6, 6.07) is 3.37. The number of halogens is 6. The molecule has 2 aromatic carbocycles. The van der Waals surface area contributed by atoms with Crippen LogP contribution >= 0.6 is 0 Å². The highest BCUT2D eigenvalue weighted by Crippen LogP contribution is 2.35. The number of benzene rings is 2. The molecule has 68 heavy (non-hydrogen) atoms. The molecule has 0 unspecified atom stereocenters. The molecule has 14 nitrogen and oxygen atoms in total. The number of aromatic nitrogens is 8. The number of anilines is 4. The molecule has 2 amide bonds. The van der Waals surface area contributed by atoms with Gasteiger partial charge in [-0.1, -0.05) is 28.7 Å². The maximum absolute atomic E-state index is 13.4. The number of carbonyl (C=O) groups is 2. The van der Waals surface area contributed by atoms with Crippen LogP contribution in [-0.4, -0.2) is 90.6 Å². The molecule has 0 saturated carbocycles. The average Bonchev–Trinajstić information content (AvgIpc) is 3.96. The van der Waals surface area contributed by atoms with Crippen LogP contribution in [0.15, 0.2) is 61.4 Å². The molecule has 0 spiro atoms. The summed E-state index contributed by atoms with van der Waals surface area (Å²) in [5.74, 6) is -4.95. The first-order valence-corrected chi connectivity index (χ1v) is 21.7. The number of likely N-dealkylation sites (N-methyl/N-ethyl adjacent to an activating group) is 4. The number of hydrogen-bond acceptors (Lipinski definition) is 10. The van der Waals surface area contributed by atoms with Crippen molar-refractivity contribution >= 4 is 34.8 Å². The van der Waals surface area contributed by atoms with Gasteiger partial charge in [0.1, 0.15) is 35.1 Å². The van der Waals surface area contributed by atoms with Crippen molar-refractivity contribution in [1.82, 2.24) is 39.5 Å². The molecule has 6 heterocycles. The highest BCUT2D eigenvalue weighted by molar-refractivity contribution is 6.04. The molecule has 8 rings (SSSR count). The molecular formula is C48H58F6N12O2. The first-order chi connectivity index (χ1) is 31.6. The van der Waals surface area contributed by atoms with Gasteiger partial charge in [-0.05, 0) is 86.1 Å². The number of hydrogen-bond donors (Lipinski definition) is 0. The third-order valence-electron chi connectivity index (χ3n) is 11.7. The van der Waals surface area contributed by atoms with E-state index in [0.717, 1.165) is 47.0 Å². The Morgan fingerprint density at radius 3 is 1.19 bits per heavy atom. The molecule has 364 valence electrons. The van der Waals surface area contributed by atoms with Gasteiger partial charge in [-0.15, -0.1) is 0 Å². The van der Waals surface area contributed by atoms with Crippen LogP contribution in [0, 0.1) is 34.9 Å². The lowest BCUT2D eigenvalue weighted by Crippen LogP contribution is -2.52. The fraction of sp³-hybridized carbons (Fsp3) is 0.417. The van der Waals surface area contributed by atoms with E-state index < -0.39 is 34.9 Å². The van der Waals surface area contributed by atoms with E-state index >= 15 is 0 Å². The molecule has 0 saturated heterocycles. The van der Waals surface area contributed by atoms with E-state index in [1.807, 2.05) is 37.5 Å². The van der Waals surface area contributed by atoms with Gasteiger partial charge in [0.15, 0.2) is 46.5 Å². The minimum atomic E-state index is -1.48. The molecule has 0 radical (unpaired) electrons. The Balaban J connectivity index is 0.000000247. The van der Waals surface area contributed by atoms with Gasteiger partial charge < -0.3 is 19.6 Å². The average molecular weight is 949 g/mol. The van der Waals surface area contributed by atoms with Crippen LogP contribution in [0.25, 0.3) is 0 Å². The van der Waals surface area contributed by atoms with E-state index in [4.69, 9.17) is 9.97 Å². The molecule has 4 aromatic heterocycles. The molecule has 0 aliphatic carbocycles. The van der Waals surface area contributed by atoms with Gasteiger partial charge in [0.05, 0.1) is 37.9 Å². The first kappa shape index (κ1) is 52.1.